The molecular formula is C19H25N3O2. The minimum Gasteiger partial charge on any atom is -0.381 e. The van der Waals surface area contributed by atoms with Crippen LogP contribution in [0.1, 0.15) is 17.5 Å². The third-order valence-corrected chi connectivity index (χ3v) is 5.65. The summed E-state index contributed by atoms with van der Waals surface area (Å²) in [7, 11) is 0. The second kappa shape index (κ2) is 6.30. The number of likely N-dealkylation sites (tertiary alicyclic amines) is 1. The smallest absolute Gasteiger partial charge is 0.231 e. The van der Waals surface area contributed by atoms with E-state index in [-0.39, 0.29) is 5.41 Å². The lowest BCUT2D eigenvalue weighted by atomic mass is 9.73. The Labute approximate surface area is 143 Å². The molecule has 0 aliphatic carbocycles. The van der Waals surface area contributed by atoms with Crippen LogP contribution in [0.3, 0.4) is 0 Å². The Morgan fingerprint density at radius 2 is 2.21 bits per heavy atom. The average molecular weight is 327 g/mol. The van der Waals surface area contributed by atoms with Gasteiger partial charge in [-0.2, -0.15) is 0 Å². The largest absolute Gasteiger partial charge is 0.381 e. The number of pyridine rings is 1. The molecule has 2 fully saturated rings. The molecule has 0 N–H and O–H groups in total. The van der Waals surface area contributed by atoms with Crippen molar-refractivity contribution in [3.63, 3.8) is 0 Å². The van der Waals surface area contributed by atoms with E-state index < -0.39 is 0 Å². The first kappa shape index (κ1) is 15.8. The Bertz CT molecular complexity index is 652. The van der Waals surface area contributed by atoms with Crippen molar-refractivity contribution in [2.24, 2.45) is 11.3 Å². The van der Waals surface area contributed by atoms with Gasteiger partial charge in [0.2, 0.25) is 5.91 Å². The van der Waals surface area contributed by atoms with Gasteiger partial charge in [0.1, 0.15) is 0 Å². The van der Waals surface area contributed by atoms with Crippen molar-refractivity contribution in [1.82, 2.24) is 14.8 Å². The van der Waals surface area contributed by atoms with Crippen molar-refractivity contribution in [2.45, 2.75) is 19.9 Å². The highest BCUT2D eigenvalue weighted by molar-refractivity contribution is 5.84. The molecule has 2 saturated heterocycles. The monoisotopic (exact) mass is 327 g/mol. The molecule has 0 spiro atoms. The lowest BCUT2D eigenvalue weighted by Gasteiger charge is -2.39. The van der Waals surface area contributed by atoms with E-state index in [1.165, 1.54) is 11.1 Å². The molecule has 0 radical (unpaired) electrons. The van der Waals surface area contributed by atoms with Crippen molar-refractivity contribution in [3.8, 4) is 0 Å². The van der Waals surface area contributed by atoms with Gasteiger partial charge in [0.15, 0.2) is 0 Å². The van der Waals surface area contributed by atoms with E-state index >= 15 is 0 Å². The molecule has 5 heteroatoms. The number of ether oxygens (including phenoxy) is 1. The summed E-state index contributed by atoms with van der Waals surface area (Å²) in [5.74, 6) is 0.628. The predicted octanol–water partition coefficient (Wildman–Crippen LogP) is 1.63. The van der Waals surface area contributed by atoms with Crippen molar-refractivity contribution >= 4 is 5.91 Å². The molecule has 1 amide bonds. The Morgan fingerprint density at radius 1 is 1.38 bits per heavy atom. The van der Waals surface area contributed by atoms with Gasteiger partial charge in [0, 0.05) is 57.6 Å². The average Bonchev–Trinajstić information content (AvgIpc) is 3.22. The minimum atomic E-state index is -0.262. The lowest BCUT2D eigenvalue weighted by Crippen LogP contribution is -2.51. The summed E-state index contributed by atoms with van der Waals surface area (Å²) in [6, 6.07) is 2.18. The van der Waals surface area contributed by atoms with Gasteiger partial charge in [0.05, 0.1) is 12.0 Å². The van der Waals surface area contributed by atoms with Gasteiger partial charge in [-0.15, -0.1) is 0 Å². The highest BCUT2D eigenvalue weighted by Crippen LogP contribution is 2.44. The van der Waals surface area contributed by atoms with E-state index in [0.29, 0.717) is 25.0 Å². The highest BCUT2D eigenvalue weighted by atomic mass is 16.5. The highest BCUT2D eigenvalue weighted by Gasteiger charge is 2.54. The number of aromatic nitrogens is 1. The number of hydrogen-bond donors (Lipinski definition) is 0. The first-order chi connectivity index (χ1) is 11.7. The van der Waals surface area contributed by atoms with Gasteiger partial charge < -0.3 is 9.64 Å². The van der Waals surface area contributed by atoms with Crippen molar-refractivity contribution in [2.75, 3.05) is 39.4 Å². The third kappa shape index (κ3) is 2.76. The van der Waals surface area contributed by atoms with E-state index in [9.17, 15) is 4.79 Å². The molecule has 0 aromatic carbocycles. The van der Waals surface area contributed by atoms with Gasteiger partial charge >= 0.3 is 0 Å². The molecule has 5 nitrogen and oxygen atoms in total. The van der Waals surface area contributed by atoms with E-state index in [0.717, 1.165) is 39.1 Å². The first-order valence-electron chi connectivity index (χ1n) is 8.82. The summed E-state index contributed by atoms with van der Waals surface area (Å²) in [5, 5.41) is 0. The molecule has 1 aromatic rings. The molecule has 3 aliphatic rings. The fourth-order valence-corrected chi connectivity index (χ4v) is 4.45. The van der Waals surface area contributed by atoms with Crippen LogP contribution in [-0.4, -0.2) is 60.1 Å². The maximum absolute atomic E-state index is 13.2. The number of amides is 1. The van der Waals surface area contributed by atoms with Crippen LogP contribution >= 0.6 is 0 Å². The molecular weight excluding hydrogens is 302 g/mol. The summed E-state index contributed by atoms with van der Waals surface area (Å²) < 4.78 is 5.71. The van der Waals surface area contributed by atoms with E-state index in [4.69, 9.17) is 4.74 Å². The van der Waals surface area contributed by atoms with E-state index in [1.54, 1.807) is 0 Å². The Morgan fingerprint density at radius 3 is 3.00 bits per heavy atom. The van der Waals surface area contributed by atoms with Crippen LogP contribution in [0.25, 0.3) is 0 Å². The SMILES string of the molecule is Cc1cncc(CN2CC3COCCC3(C(=O)N3CC=CC3)C2)c1. The molecule has 128 valence electrons. The van der Waals surface area contributed by atoms with Crippen LogP contribution in [0, 0.1) is 18.3 Å². The topological polar surface area (TPSA) is 45.7 Å². The number of rotatable bonds is 3. The first-order valence-corrected chi connectivity index (χ1v) is 8.82. The lowest BCUT2D eigenvalue weighted by molar-refractivity contribution is -0.149. The molecule has 0 saturated carbocycles. The molecule has 2 atom stereocenters. The van der Waals surface area contributed by atoms with Crippen molar-refractivity contribution < 1.29 is 9.53 Å². The number of carbonyl (C=O) groups is 1. The number of nitrogens with zero attached hydrogens (tertiary/aromatic N) is 3. The quantitative estimate of drug-likeness (QED) is 0.792. The summed E-state index contributed by atoms with van der Waals surface area (Å²) in [5.41, 5.74) is 2.14. The third-order valence-electron chi connectivity index (χ3n) is 5.65. The fourth-order valence-electron chi connectivity index (χ4n) is 4.45. The zero-order valence-corrected chi connectivity index (χ0v) is 14.3. The Hall–Kier alpha value is -1.72. The predicted molar refractivity (Wildman–Crippen MR) is 91.3 cm³/mol. The van der Waals surface area contributed by atoms with Crippen LogP contribution in [0.5, 0.6) is 0 Å². The second-order valence-corrected chi connectivity index (χ2v) is 7.40. The van der Waals surface area contributed by atoms with Gasteiger partial charge in [-0.3, -0.25) is 14.7 Å². The molecule has 1 aromatic heterocycles. The van der Waals surface area contributed by atoms with Crippen LogP contribution in [0.4, 0.5) is 0 Å². The number of hydrogen-bond acceptors (Lipinski definition) is 4. The zero-order valence-electron chi connectivity index (χ0n) is 14.3. The maximum Gasteiger partial charge on any atom is 0.231 e. The standard InChI is InChI=1S/C19H25N3O2/c1-15-8-16(10-20-9-15)11-21-12-17-13-24-7-4-19(17,14-21)18(23)22-5-2-3-6-22/h2-3,8-10,17H,4-7,11-14H2,1H3. The molecule has 4 rings (SSSR count). The van der Waals surface area contributed by atoms with Gasteiger partial charge in [-0.05, 0) is 24.5 Å². The Balaban J connectivity index is 1.53. The van der Waals surface area contributed by atoms with Crippen LogP contribution in [-0.2, 0) is 16.1 Å². The number of fused-ring (bicyclic) bond motifs is 1. The molecule has 3 aliphatic heterocycles. The van der Waals surface area contributed by atoms with E-state index in [2.05, 4.69) is 35.0 Å². The van der Waals surface area contributed by atoms with Crippen LogP contribution in [0.15, 0.2) is 30.6 Å². The molecule has 24 heavy (non-hydrogen) atoms. The Kier molecular flexibility index (Phi) is 4.14. The van der Waals surface area contributed by atoms with Crippen molar-refractivity contribution in [3.05, 3.63) is 41.7 Å². The van der Waals surface area contributed by atoms with E-state index in [1.807, 2.05) is 17.3 Å². The summed E-state index contributed by atoms with van der Waals surface area (Å²) in [6.45, 7) is 7.62. The molecule has 4 heterocycles. The number of aryl methyl sites for hydroxylation is 1. The zero-order chi connectivity index (χ0) is 16.6. The number of carbonyl (C=O) groups excluding carboxylic acids is 1. The van der Waals surface area contributed by atoms with Gasteiger partial charge in [-0.25, -0.2) is 0 Å². The van der Waals surface area contributed by atoms with Crippen LogP contribution in [0.2, 0.25) is 0 Å². The van der Waals surface area contributed by atoms with Crippen LogP contribution < -0.4 is 0 Å². The molecule has 2 unspecified atom stereocenters. The fraction of sp³-hybridized carbons (Fsp3) is 0.579. The normalized spacial score (nSPS) is 29.9. The van der Waals surface area contributed by atoms with Crippen molar-refractivity contribution in [1.29, 1.82) is 0 Å². The summed E-state index contributed by atoms with van der Waals surface area (Å²) in [4.78, 5) is 22.0. The molecule has 0 bridgehead atoms. The maximum atomic E-state index is 13.2. The second-order valence-electron chi connectivity index (χ2n) is 7.40. The minimum absolute atomic E-state index is 0.262. The summed E-state index contributed by atoms with van der Waals surface area (Å²) >= 11 is 0. The summed E-state index contributed by atoms with van der Waals surface area (Å²) in [6.07, 6.45) is 8.84. The van der Waals surface area contributed by atoms with Gasteiger partial charge in [-0.1, -0.05) is 18.2 Å². The van der Waals surface area contributed by atoms with Gasteiger partial charge in [0.25, 0.3) is 0 Å².